The van der Waals surface area contributed by atoms with Crippen LogP contribution in [-0.4, -0.2) is 15.8 Å². The summed E-state index contributed by atoms with van der Waals surface area (Å²) in [6.07, 6.45) is 5.75. The highest BCUT2D eigenvalue weighted by atomic mass is 79.9. The summed E-state index contributed by atoms with van der Waals surface area (Å²) in [7, 11) is 0. The normalized spacial score (nSPS) is 22.2. The fourth-order valence-corrected chi connectivity index (χ4v) is 3.96. The molecule has 1 rings (SSSR count). The third-order valence-electron chi connectivity index (χ3n) is 2.76. The molecule has 0 atom stereocenters. The molecular formula is C11H21BrS. The Morgan fingerprint density at radius 2 is 1.77 bits per heavy atom. The highest BCUT2D eigenvalue weighted by molar-refractivity contribution is 9.09. The lowest BCUT2D eigenvalue weighted by Crippen LogP contribution is -2.24. The number of rotatable bonds is 3. The number of hydrogen-bond acceptors (Lipinski definition) is 1. The summed E-state index contributed by atoms with van der Waals surface area (Å²) in [5.74, 6) is 1.34. The van der Waals surface area contributed by atoms with Gasteiger partial charge in [-0.25, -0.2) is 0 Å². The average Bonchev–Trinajstić information content (AvgIpc) is 2.49. The van der Waals surface area contributed by atoms with Crippen molar-refractivity contribution in [2.24, 2.45) is 5.41 Å². The smallest absolute Gasteiger partial charge is 0.00958 e. The van der Waals surface area contributed by atoms with E-state index in [-0.39, 0.29) is 0 Å². The molecule has 0 radical (unpaired) electrons. The van der Waals surface area contributed by atoms with Gasteiger partial charge in [-0.1, -0.05) is 49.5 Å². The molecule has 0 N–H and O–H groups in total. The van der Waals surface area contributed by atoms with Gasteiger partial charge in [-0.05, 0) is 18.3 Å². The summed E-state index contributed by atoms with van der Waals surface area (Å²) in [5, 5.41) is 1.20. The van der Waals surface area contributed by atoms with Crippen molar-refractivity contribution in [3.8, 4) is 0 Å². The Hall–Kier alpha value is 0.830. The van der Waals surface area contributed by atoms with Crippen LogP contribution in [-0.2, 0) is 0 Å². The zero-order valence-corrected chi connectivity index (χ0v) is 11.4. The van der Waals surface area contributed by atoms with E-state index in [1.807, 2.05) is 0 Å². The summed E-state index contributed by atoms with van der Waals surface area (Å²) >= 11 is 5.81. The predicted molar refractivity (Wildman–Crippen MR) is 66.9 cm³/mol. The summed E-state index contributed by atoms with van der Waals surface area (Å²) in [6.45, 7) is 6.94. The zero-order valence-electron chi connectivity index (χ0n) is 9.03. The lowest BCUT2D eigenvalue weighted by molar-refractivity contribution is 0.404. The molecule has 78 valence electrons. The Bertz CT molecular complexity index is 154. The van der Waals surface area contributed by atoms with E-state index in [1.54, 1.807) is 0 Å². The van der Waals surface area contributed by atoms with Crippen LogP contribution in [0.1, 0.15) is 46.5 Å². The highest BCUT2D eigenvalue weighted by Gasteiger charge is 2.33. The van der Waals surface area contributed by atoms with E-state index >= 15 is 0 Å². The first kappa shape index (κ1) is 11.9. The fourth-order valence-electron chi connectivity index (χ4n) is 1.81. The minimum Gasteiger partial charge on any atom is -0.155 e. The van der Waals surface area contributed by atoms with Crippen LogP contribution in [0.3, 0.4) is 0 Å². The largest absolute Gasteiger partial charge is 0.155 e. The number of halogens is 1. The standard InChI is InChI=1S/C11H21BrS/c1-10(2,3)13-9-11(8-12)6-4-5-7-11/h4-9H2,1-3H3. The van der Waals surface area contributed by atoms with E-state index in [0.717, 1.165) is 0 Å². The molecule has 1 fully saturated rings. The monoisotopic (exact) mass is 264 g/mol. The van der Waals surface area contributed by atoms with Crippen LogP contribution in [0.5, 0.6) is 0 Å². The maximum absolute atomic E-state index is 3.69. The van der Waals surface area contributed by atoms with Crippen LogP contribution in [0.4, 0.5) is 0 Å². The zero-order chi connectivity index (χ0) is 9.95. The maximum atomic E-state index is 3.69. The van der Waals surface area contributed by atoms with E-state index in [4.69, 9.17) is 0 Å². The van der Waals surface area contributed by atoms with Crippen LogP contribution in [0.25, 0.3) is 0 Å². The minimum atomic E-state index is 0.428. The van der Waals surface area contributed by atoms with Gasteiger partial charge >= 0.3 is 0 Å². The SMILES string of the molecule is CC(C)(C)SCC1(CBr)CCCC1. The molecule has 13 heavy (non-hydrogen) atoms. The molecule has 0 aromatic heterocycles. The van der Waals surface area contributed by atoms with Gasteiger partial charge in [0.1, 0.15) is 0 Å². The van der Waals surface area contributed by atoms with Gasteiger partial charge in [0, 0.05) is 15.8 Å². The van der Waals surface area contributed by atoms with Crippen molar-refractivity contribution < 1.29 is 0 Å². The van der Waals surface area contributed by atoms with Crippen molar-refractivity contribution in [1.29, 1.82) is 0 Å². The molecule has 0 aliphatic heterocycles. The Morgan fingerprint density at radius 3 is 2.15 bits per heavy atom. The molecule has 0 unspecified atom stereocenters. The highest BCUT2D eigenvalue weighted by Crippen LogP contribution is 2.44. The molecule has 2 heteroatoms. The third kappa shape index (κ3) is 3.83. The lowest BCUT2D eigenvalue weighted by atomic mass is 9.92. The lowest BCUT2D eigenvalue weighted by Gasteiger charge is -2.30. The maximum Gasteiger partial charge on any atom is 0.00958 e. The van der Waals surface area contributed by atoms with Crippen molar-refractivity contribution in [2.45, 2.75) is 51.2 Å². The topological polar surface area (TPSA) is 0 Å². The molecule has 1 aliphatic rings. The average molecular weight is 265 g/mol. The Morgan fingerprint density at radius 1 is 1.23 bits per heavy atom. The molecule has 0 aromatic rings. The van der Waals surface area contributed by atoms with Gasteiger partial charge in [0.2, 0.25) is 0 Å². The van der Waals surface area contributed by atoms with Gasteiger partial charge in [0.25, 0.3) is 0 Å². The van der Waals surface area contributed by atoms with Gasteiger partial charge in [-0.2, -0.15) is 11.8 Å². The van der Waals surface area contributed by atoms with E-state index in [2.05, 4.69) is 48.5 Å². The van der Waals surface area contributed by atoms with Crippen molar-refractivity contribution >= 4 is 27.7 Å². The molecule has 1 aliphatic carbocycles. The molecule has 0 bridgehead atoms. The summed E-state index contributed by atoms with van der Waals surface area (Å²) in [5.41, 5.74) is 0.623. The Kier molecular flexibility index (Phi) is 4.18. The molecule has 0 heterocycles. The van der Waals surface area contributed by atoms with Crippen LogP contribution < -0.4 is 0 Å². The first-order valence-electron chi connectivity index (χ1n) is 5.17. The third-order valence-corrected chi connectivity index (χ3v) is 5.57. The quantitative estimate of drug-likeness (QED) is 0.678. The van der Waals surface area contributed by atoms with Crippen molar-refractivity contribution in [2.75, 3.05) is 11.1 Å². The van der Waals surface area contributed by atoms with Crippen molar-refractivity contribution in [3.63, 3.8) is 0 Å². The second-order valence-corrected chi connectivity index (χ2v) is 7.60. The van der Waals surface area contributed by atoms with Gasteiger partial charge in [-0.15, -0.1) is 0 Å². The van der Waals surface area contributed by atoms with Gasteiger partial charge in [0.15, 0.2) is 0 Å². The molecular weight excluding hydrogens is 244 g/mol. The van der Waals surface area contributed by atoms with Crippen LogP contribution in [0.15, 0.2) is 0 Å². The van der Waals surface area contributed by atoms with E-state index in [9.17, 15) is 0 Å². The Balaban J connectivity index is 2.40. The van der Waals surface area contributed by atoms with Crippen LogP contribution >= 0.6 is 27.7 Å². The molecule has 1 saturated carbocycles. The van der Waals surface area contributed by atoms with Crippen LogP contribution in [0, 0.1) is 5.41 Å². The summed E-state index contributed by atoms with van der Waals surface area (Å²) in [6, 6.07) is 0. The second-order valence-electron chi connectivity index (χ2n) is 5.24. The summed E-state index contributed by atoms with van der Waals surface area (Å²) in [4.78, 5) is 0. The van der Waals surface area contributed by atoms with E-state index in [0.29, 0.717) is 10.2 Å². The fraction of sp³-hybridized carbons (Fsp3) is 1.00. The van der Waals surface area contributed by atoms with E-state index in [1.165, 1.54) is 36.8 Å². The molecule has 0 amide bonds. The molecule has 0 saturated heterocycles. The number of alkyl halides is 1. The van der Waals surface area contributed by atoms with Gasteiger partial charge in [-0.3, -0.25) is 0 Å². The number of hydrogen-bond donors (Lipinski definition) is 0. The number of thioether (sulfide) groups is 1. The van der Waals surface area contributed by atoms with Gasteiger partial charge < -0.3 is 0 Å². The van der Waals surface area contributed by atoms with E-state index < -0.39 is 0 Å². The first-order chi connectivity index (χ1) is 5.97. The molecule has 0 aromatic carbocycles. The second kappa shape index (κ2) is 4.57. The first-order valence-corrected chi connectivity index (χ1v) is 7.28. The molecule has 0 spiro atoms. The van der Waals surface area contributed by atoms with Crippen molar-refractivity contribution in [3.05, 3.63) is 0 Å². The summed E-state index contributed by atoms with van der Waals surface area (Å²) < 4.78 is 0.428. The van der Waals surface area contributed by atoms with Crippen LogP contribution in [0.2, 0.25) is 0 Å². The van der Waals surface area contributed by atoms with Crippen molar-refractivity contribution in [1.82, 2.24) is 0 Å². The predicted octanol–water partition coefficient (Wildman–Crippen LogP) is 4.47. The minimum absolute atomic E-state index is 0.428. The van der Waals surface area contributed by atoms with Gasteiger partial charge in [0.05, 0.1) is 0 Å². The Labute approximate surface area is 95.4 Å². The molecule has 0 nitrogen and oxygen atoms in total.